The van der Waals surface area contributed by atoms with Crippen molar-refractivity contribution in [3.05, 3.63) is 23.8 Å². The molecule has 0 aliphatic heterocycles. The van der Waals surface area contributed by atoms with Gasteiger partial charge in [0, 0.05) is 30.1 Å². The lowest BCUT2D eigenvalue weighted by molar-refractivity contribution is 0.101. The van der Waals surface area contributed by atoms with Crippen molar-refractivity contribution in [2.24, 2.45) is 0 Å². The second-order valence-corrected chi connectivity index (χ2v) is 4.06. The molecule has 0 aromatic heterocycles. The minimum absolute atomic E-state index is 0.0223. The van der Waals surface area contributed by atoms with E-state index in [1.165, 1.54) is 6.92 Å². The number of ether oxygens (including phenoxy) is 1. The minimum atomic E-state index is -0.0223. The SMILES string of the molecule is CCC(COC)Nc1ccc(N)c(C(C)=O)c1. The number of nitrogens with two attached hydrogens (primary N) is 1. The van der Waals surface area contributed by atoms with Gasteiger partial charge in [-0.05, 0) is 31.5 Å². The van der Waals surface area contributed by atoms with Gasteiger partial charge in [0.2, 0.25) is 0 Å². The average molecular weight is 236 g/mol. The molecule has 0 aliphatic carbocycles. The maximum absolute atomic E-state index is 11.4. The maximum atomic E-state index is 11.4. The number of carbonyl (C=O) groups excluding carboxylic acids is 1. The zero-order chi connectivity index (χ0) is 12.8. The fourth-order valence-corrected chi connectivity index (χ4v) is 1.65. The van der Waals surface area contributed by atoms with E-state index in [1.807, 2.05) is 6.07 Å². The molecule has 17 heavy (non-hydrogen) atoms. The van der Waals surface area contributed by atoms with E-state index in [9.17, 15) is 4.79 Å². The number of Topliss-reactive ketones (excluding diaryl/α,β-unsaturated/α-hetero) is 1. The first kappa shape index (κ1) is 13.5. The van der Waals surface area contributed by atoms with E-state index in [-0.39, 0.29) is 11.8 Å². The first-order valence-electron chi connectivity index (χ1n) is 5.74. The Morgan fingerprint density at radius 1 is 1.53 bits per heavy atom. The summed E-state index contributed by atoms with van der Waals surface area (Å²) in [4.78, 5) is 11.4. The summed E-state index contributed by atoms with van der Waals surface area (Å²) in [7, 11) is 1.67. The van der Waals surface area contributed by atoms with E-state index in [4.69, 9.17) is 10.5 Å². The normalized spacial score (nSPS) is 12.2. The smallest absolute Gasteiger partial charge is 0.161 e. The Kier molecular flexibility index (Phi) is 4.97. The van der Waals surface area contributed by atoms with Crippen LogP contribution < -0.4 is 11.1 Å². The fourth-order valence-electron chi connectivity index (χ4n) is 1.65. The third-order valence-corrected chi connectivity index (χ3v) is 2.66. The standard InChI is InChI=1S/C13H20N2O2/c1-4-10(8-17-3)15-11-5-6-13(14)12(7-11)9(2)16/h5-7,10,15H,4,8,14H2,1-3H3. The number of benzene rings is 1. The minimum Gasteiger partial charge on any atom is -0.398 e. The zero-order valence-electron chi connectivity index (χ0n) is 10.6. The van der Waals surface area contributed by atoms with Crippen molar-refractivity contribution in [1.82, 2.24) is 0 Å². The Morgan fingerprint density at radius 2 is 2.24 bits per heavy atom. The summed E-state index contributed by atoms with van der Waals surface area (Å²) >= 11 is 0. The first-order chi connectivity index (χ1) is 8.08. The van der Waals surface area contributed by atoms with Crippen molar-refractivity contribution in [1.29, 1.82) is 0 Å². The lowest BCUT2D eigenvalue weighted by Gasteiger charge is -2.18. The number of nitrogen functional groups attached to an aromatic ring is 1. The molecule has 1 rings (SSSR count). The largest absolute Gasteiger partial charge is 0.398 e. The Bertz CT molecular complexity index is 391. The number of methoxy groups -OCH3 is 1. The predicted octanol–water partition coefficient (Wildman–Crippen LogP) is 2.31. The first-order valence-corrected chi connectivity index (χ1v) is 5.74. The van der Waals surface area contributed by atoms with E-state index in [0.717, 1.165) is 12.1 Å². The van der Waals surface area contributed by atoms with Gasteiger partial charge in [-0.3, -0.25) is 4.79 Å². The quantitative estimate of drug-likeness (QED) is 0.587. The molecule has 1 aromatic rings. The van der Waals surface area contributed by atoms with Gasteiger partial charge in [0.25, 0.3) is 0 Å². The molecule has 0 spiro atoms. The lowest BCUT2D eigenvalue weighted by atomic mass is 10.1. The second-order valence-electron chi connectivity index (χ2n) is 4.06. The highest BCUT2D eigenvalue weighted by Gasteiger charge is 2.09. The molecule has 1 aromatic carbocycles. The molecule has 0 fully saturated rings. The van der Waals surface area contributed by atoms with Crippen molar-refractivity contribution >= 4 is 17.2 Å². The third-order valence-electron chi connectivity index (χ3n) is 2.66. The molecule has 0 saturated carbocycles. The van der Waals surface area contributed by atoms with Crippen molar-refractivity contribution in [3.63, 3.8) is 0 Å². The van der Waals surface area contributed by atoms with Crippen LogP contribution in [0.2, 0.25) is 0 Å². The summed E-state index contributed by atoms with van der Waals surface area (Å²) in [5, 5.41) is 3.32. The number of nitrogens with one attached hydrogen (secondary N) is 1. The van der Waals surface area contributed by atoms with Crippen LogP contribution in [-0.4, -0.2) is 25.5 Å². The van der Waals surface area contributed by atoms with E-state index >= 15 is 0 Å². The van der Waals surface area contributed by atoms with Gasteiger partial charge in [-0.15, -0.1) is 0 Å². The third kappa shape index (κ3) is 3.75. The molecule has 0 amide bonds. The van der Waals surface area contributed by atoms with Crippen molar-refractivity contribution < 1.29 is 9.53 Å². The molecule has 1 unspecified atom stereocenters. The highest BCUT2D eigenvalue weighted by atomic mass is 16.5. The molecule has 1 atom stereocenters. The van der Waals surface area contributed by atoms with E-state index in [2.05, 4.69) is 12.2 Å². The number of hydrogen-bond acceptors (Lipinski definition) is 4. The van der Waals surface area contributed by atoms with Crippen LogP contribution in [0.3, 0.4) is 0 Å². The lowest BCUT2D eigenvalue weighted by Crippen LogP contribution is -2.24. The number of anilines is 2. The predicted molar refractivity (Wildman–Crippen MR) is 70.4 cm³/mol. The highest BCUT2D eigenvalue weighted by molar-refractivity contribution is 6.00. The second kappa shape index (κ2) is 6.25. The van der Waals surface area contributed by atoms with Crippen molar-refractivity contribution in [2.45, 2.75) is 26.3 Å². The molecular formula is C13H20N2O2. The summed E-state index contributed by atoms with van der Waals surface area (Å²) in [6.45, 7) is 4.23. The van der Waals surface area contributed by atoms with Crippen LogP contribution in [0.25, 0.3) is 0 Å². The number of carbonyl (C=O) groups is 1. The molecule has 0 radical (unpaired) electrons. The van der Waals surface area contributed by atoms with E-state index < -0.39 is 0 Å². The monoisotopic (exact) mass is 236 g/mol. The molecule has 3 N–H and O–H groups in total. The molecule has 4 nitrogen and oxygen atoms in total. The Labute approximate surface area is 102 Å². The van der Waals surface area contributed by atoms with Crippen LogP contribution in [0, 0.1) is 0 Å². The Morgan fingerprint density at radius 3 is 2.76 bits per heavy atom. The van der Waals surface area contributed by atoms with Gasteiger partial charge in [0.05, 0.1) is 6.61 Å². The average Bonchev–Trinajstić information content (AvgIpc) is 2.30. The molecule has 94 valence electrons. The molecule has 0 heterocycles. The van der Waals surface area contributed by atoms with Crippen LogP contribution in [-0.2, 0) is 4.74 Å². The van der Waals surface area contributed by atoms with Gasteiger partial charge >= 0.3 is 0 Å². The van der Waals surface area contributed by atoms with Crippen LogP contribution >= 0.6 is 0 Å². The summed E-state index contributed by atoms with van der Waals surface area (Å²) in [6.07, 6.45) is 0.952. The van der Waals surface area contributed by atoms with Crippen LogP contribution in [0.15, 0.2) is 18.2 Å². The van der Waals surface area contributed by atoms with Crippen molar-refractivity contribution in [2.75, 3.05) is 24.8 Å². The summed E-state index contributed by atoms with van der Waals surface area (Å²) in [6, 6.07) is 5.65. The van der Waals surface area contributed by atoms with Crippen LogP contribution in [0.1, 0.15) is 30.6 Å². The van der Waals surface area contributed by atoms with Crippen molar-refractivity contribution in [3.8, 4) is 0 Å². The highest BCUT2D eigenvalue weighted by Crippen LogP contribution is 2.19. The zero-order valence-corrected chi connectivity index (χ0v) is 10.6. The van der Waals surface area contributed by atoms with Gasteiger partial charge in [-0.2, -0.15) is 0 Å². The summed E-state index contributed by atoms with van der Waals surface area (Å²) < 4.78 is 5.11. The number of ketones is 1. The molecule has 0 aliphatic rings. The summed E-state index contributed by atoms with van der Waals surface area (Å²) in [5.74, 6) is -0.0223. The van der Waals surface area contributed by atoms with Gasteiger partial charge in [-0.25, -0.2) is 0 Å². The Hall–Kier alpha value is -1.55. The molecular weight excluding hydrogens is 216 g/mol. The Balaban J connectivity index is 2.84. The van der Waals surface area contributed by atoms with Gasteiger partial charge in [0.15, 0.2) is 5.78 Å². The summed E-state index contributed by atoms with van der Waals surface area (Å²) in [5.41, 5.74) is 7.71. The van der Waals surface area contributed by atoms with Gasteiger partial charge < -0.3 is 15.8 Å². The molecule has 4 heteroatoms. The van der Waals surface area contributed by atoms with Gasteiger partial charge in [0.1, 0.15) is 0 Å². The number of hydrogen-bond donors (Lipinski definition) is 2. The van der Waals surface area contributed by atoms with E-state index in [0.29, 0.717) is 17.9 Å². The maximum Gasteiger partial charge on any atom is 0.161 e. The van der Waals surface area contributed by atoms with Gasteiger partial charge in [-0.1, -0.05) is 6.92 Å². The number of rotatable bonds is 6. The fraction of sp³-hybridized carbons (Fsp3) is 0.462. The molecule has 0 bridgehead atoms. The van der Waals surface area contributed by atoms with E-state index in [1.54, 1.807) is 19.2 Å². The topological polar surface area (TPSA) is 64.3 Å². The van der Waals surface area contributed by atoms with Crippen LogP contribution in [0.5, 0.6) is 0 Å². The van der Waals surface area contributed by atoms with Crippen LogP contribution in [0.4, 0.5) is 11.4 Å². The molecule has 0 saturated heterocycles.